The summed E-state index contributed by atoms with van der Waals surface area (Å²) in [5.74, 6) is 0. The molecule has 2 heterocycles. The van der Waals surface area contributed by atoms with Gasteiger partial charge in [-0.25, -0.2) is 0 Å². The molecule has 3 nitrogen and oxygen atoms in total. The van der Waals surface area contributed by atoms with E-state index in [4.69, 9.17) is 23.8 Å². The van der Waals surface area contributed by atoms with Crippen LogP contribution in [-0.4, -0.2) is 8.97 Å². The zero-order valence-electron chi connectivity index (χ0n) is 15.2. The van der Waals surface area contributed by atoms with E-state index in [1.165, 1.54) is 11.3 Å². The summed E-state index contributed by atoms with van der Waals surface area (Å²) in [4.78, 5) is 14.5. The monoisotopic (exact) mass is 434 g/mol. The maximum atomic E-state index is 13.5. The number of hydrogen-bond acceptors (Lipinski definition) is 3. The van der Waals surface area contributed by atoms with Crippen molar-refractivity contribution in [3.8, 4) is 10.4 Å². The van der Waals surface area contributed by atoms with E-state index >= 15 is 0 Å². The van der Waals surface area contributed by atoms with Gasteiger partial charge in [-0.2, -0.15) is 0 Å². The Balaban J connectivity index is 1.92. The molecule has 0 aliphatic rings. The van der Waals surface area contributed by atoms with Gasteiger partial charge < -0.3 is 0 Å². The van der Waals surface area contributed by atoms with Crippen LogP contribution in [0.5, 0.6) is 0 Å². The van der Waals surface area contributed by atoms with Crippen molar-refractivity contribution in [2.75, 3.05) is 0 Å². The van der Waals surface area contributed by atoms with Gasteiger partial charge in [0.2, 0.25) is 0 Å². The molecule has 0 radical (unpaired) electrons. The fourth-order valence-corrected chi connectivity index (χ4v) is 5.17. The van der Waals surface area contributed by atoms with Crippen LogP contribution in [0, 0.1) is 3.95 Å². The first-order valence-corrected chi connectivity index (χ1v) is 10.7. The molecule has 0 spiro atoms. The number of para-hydroxylation sites is 1. The van der Waals surface area contributed by atoms with Crippen LogP contribution in [-0.2, 0) is 6.54 Å². The Morgan fingerprint density at radius 2 is 1.59 bits per heavy atom. The summed E-state index contributed by atoms with van der Waals surface area (Å²) < 4.78 is 4.56. The van der Waals surface area contributed by atoms with Crippen molar-refractivity contribution < 1.29 is 0 Å². The standard InChI is InChI=1S/C23H15ClN2OS2/c24-17-12-10-16(11-13-17)20-21-25(14-15-6-2-1-3-7-15)22(27)18-8-4-5-9-19(18)26(21)23(28)29-20/h1-13H,14H2. The van der Waals surface area contributed by atoms with E-state index in [0.717, 1.165) is 27.2 Å². The lowest BCUT2D eigenvalue weighted by Gasteiger charge is -2.13. The van der Waals surface area contributed by atoms with Crippen molar-refractivity contribution in [1.29, 1.82) is 0 Å². The summed E-state index contributed by atoms with van der Waals surface area (Å²) in [6, 6.07) is 25.3. The number of halogens is 1. The van der Waals surface area contributed by atoms with Gasteiger partial charge in [-0.05, 0) is 47.6 Å². The van der Waals surface area contributed by atoms with E-state index in [2.05, 4.69) is 0 Å². The highest BCUT2D eigenvalue weighted by Gasteiger charge is 2.18. The lowest BCUT2D eigenvalue weighted by Crippen LogP contribution is -2.23. The highest BCUT2D eigenvalue weighted by Crippen LogP contribution is 2.34. The highest BCUT2D eigenvalue weighted by molar-refractivity contribution is 7.73. The Morgan fingerprint density at radius 1 is 0.897 bits per heavy atom. The van der Waals surface area contributed by atoms with E-state index in [-0.39, 0.29) is 5.56 Å². The smallest absolute Gasteiger partial charge is 0.261 e. The minimum absolute atomic E-state index is 0.0209. The predicted molar refractivity (Wildman–Crippen MR) is 124 cm³/mol. The maximum absolute atomic E-state index is 13.5. The number of thiazole rings is 1. The summed E-state index contributed by atoms with van der Waals surface area (Å²) in [5.41, 5.74) is 3.68. The largest absolute Gasteiger partial charge is 0.288 e. The van der Waals surface area contributed by atoms with Gasteiger partial charge in [0.1, 0.15) is 5.65 Å². The summed E-state index contributed by atoms with van der Waals surface area (Å²) in [5, 5.41) is 1.33. The molecule has 0 bridgehead atoms. The predicted octanol–water partition coefficient (Wildman–Crippen LogP) is 6.41. The number of rotatable bonds is 3. The van der Waals surface area contributed by atoms with Crippen LogP contribution < -0.4 is 5.56 Å². The van der Waals surface area contributed by atoms with E-state index in [9.17, 15) is 4.79 Å². The second kappa shape index (κ2) is 7.26. The first-order valence-electron chi connectivity index (χ1n) is 9.10. The Morgan fingerprint density at radius 3 is 2.34 bits per heavy atom. The van der Waals surface area contributed by atoms with Crippen molar-refractivity contribution in [2.24, 2.45) is 0 Å². The fraction of sp³-hybridized carbons (Fsp3) is 0.0435. The molecule has 0 saturated heterocycles. The third-order valence-electron chi connectivity index (χ3n) is 4.95. The second-order valence-electron chi connectivity index (χ2n) is 6.76. The van der Waals surface area contributed by atoms with Gasteiger partial charge in [0, 0.05) is 5.02 Å². The van der Waals surface area contributed by atoms with Gasteiger partial charge in [-0.3, -0.25) is 13.8 Å². The van der Waals surface area contributed by atoms with Crippen LogP contribution in [0.2, 0.25) is 5.02 Å². The summed E-state index contributed by atoms with van der Waals surface area (Å²) >= 11 is 13.3. The van der Waals surface area contributed by atoms with Crippen molar-refractivity contribution in [3.05, 3.63) is 104 Å². The number of hydrogen-bond donors (Lipinski definition) is 0. The average molecular weight is 435 g/mol. The van der Waals surface area contributed by atoms with Crippen LogP contribution in [0.25, 0.3) is 27.0 Å². The van der Waals surface area contributed by atoms with Gasteiger partial charge >= 0.3 is 0 Å². The molecule has 6 heteroatoms. The molecule has 0 saturated carbocycles. The quantitative estimate of drug-likeness (QED) is 0.306. The van der Waals surface area contributed by atoms with Crippen molar-refractivity contribution >= 4 is 51.7 Å². The van der Waals surface area contributed by atoms with Crippen LogP contribution in [0.3, 0.4) is 0 Å². The van der Waals surface area contributed by atoms with E-state index < -0.39 is 0 Å². The third-order valence-corrected chi connectivity index (χ3v) is 6.62. The van der Waals surface area contributed by atoms with Gasteiger partial charge in [-0.1, -0.05) is 66.2 Å². The molecular formula is C23H15ClN2OS2. The van der Waals surface area contributed by atoms with E-state index in [0.29, 0.717) is 20.9 Å². The molecule has 0 aliphatic carbocycles. The molecular weight excluding hydrogens is 420 g/mol. The molecule has 5 aromatic rings. The van der Waals surface area contributed by atoms with Gasteiger partial charge in [0.15, 0.2) is 3.95 Å². The van der Waals surface area contributed by atoms with Crippen molar-refractivity contribution in [3.63, 3.8) is 0 Å². The average Bonchev–Trinajstić information content (AvgIpc) is 3.09. The van der Waals surface area contributed by atoms with Crippen LogP contribution >= 0.6 is 35.2 Å². The van der Waals surface area contributed by atoms with Crippen molar-refractivity contribution in [1.82, 2.24) is 8.97 Å². The topological polar surface area (TPSA) is 26.4 Å². The Bertz CT molecular complexity index is 1470. The number of nitrogens with zero attached hydrogens (tertiary/aromatic N) is 2. The molecule has 3 aromatic carbocycles. The van der Waals surface area contributed by atoms with Gasteiger partial charge in [0.05, 0.1) is 22.3 Å². The summed E-state index contributed by atoms with van der Waals surface area (Å²) in [7, 11) is 0. The normalized spacial score (nSPS) is 11.3. The lowest BCUT2D eigenvalue weighted by atomic mass is 10.1. The van der Waals surface area contributed by atoms with E-state index in [1.54, 1.807) is 0 Å². The van der Waals surface area contributed by atoms with E-state index in [1.807, 2.05) is 87.8 Å². The molecule has 0 unspecified atom stereocenters. The molecule has 2 aromatic heterocycles. The van der Waals surface area contributed by atoms with Gasteiger partial charge in [0.25, 0.3) is 5.56 Å². The lowest BCUT2D eigenvalue weighted by molar-refractivity contribution is 0.781. The van der Waals surface area contributed by atoms with Crippen molar-refractivity contribution in [2.45, 2.75) is 6.54 Å². The van der Waals surface area contributed by atoms with Crippen LogP contribution in [0.4, 0.5) is 0 Å². The Hall–Kier alpha value is -2.73. The summed E-state index contributed by atoms with van der Waals surface area (Å²) in [6.07, 6.45) is 0. The minimum atomic E-state index is -0.0209. The Kier molecular flexibility index (Phi) is 4.59. The van der Waals surface area contributed by atoms with Crippen LogP contribution in [0.15, 0.2) is 83.7 Å². The summed E-state index contributed by atoms with van der Waals surface area (Å²) in [6.45, 7) is 0.472. The third kappa shape index (κ3) is 3.12. The molecule has 0 N–H and O–H groups in total. The first-order chi connectivity index (χ1) is 14.1. The highest BCUT2D eigenvalue weighted by atomic mass is 35.5. The second-order valence-corrected chi connectivity index (χ2v) is 8.84. The molecule has 0 fully saturated rings. The van der Waals surface area contributed by atoms with Crippen LogP contribution in [0.1, 0.15) is 5.56 Å². The molecule has 0 amide bonds. The molecule has 0 aliphatic heterocycles. The van der Waals surface area contributed by atoms with Gasteiger partial charge in [-0.15, -0.1) is 11.3 Å². The molecule has 142 valence electrons. The zero-order chi connectivity index (χ0) is 20.0. The molecule has 0 atom stereocenters. The zero-order valence-corrected chi connectivity index (χ0v) is 17.6. The number of benzene rings is 3. The first kappa shape index (κ1) is 18.3. The molecule has 29 heavy (non-hydrogen) atoms. The fourth-order valence-electron chi connectivity index (χ4n) is 3.62. The number of aromatic nitrogens is 2. The number of fused-ring (bicyclic) bond motifs is 3. The SMILES string of the molecule is O=c1c2ccccc2n2c(=S)sc(-c3ccc(Cl)cc3)c2n1Cc1ccccc1. The Labute approximate surface area is 181 Å². The molecule has 5 rings (SSSR count). The maximum Gasteiger partial charge on any atom is 0.261 e. The minimum Gasteiger partial charge on any atom is -0.288 e.